The Kier molecular flexibility index (Phi) is 6.99. The van der Waals surface area contributed by atoms with E-state index >= 15 is 0 Å². The molecule has 0 unspecified atom stereocenters. The number of nitrogens with one attached hydrogen (secondary N) is 2. The predicted molar refractivity (Wildman–Crippen MR) is 118 cm³/mol. The molecule has 0 saturated carbocycles. The fourth-order valence-electron chi connectivity index (χ4n) is 3.14. The first kappa shape index (κ1) is 20.6. The summed E-state index contributed by atoms with van der Waals surface area (Å²) in [6, 6.07) is 8.76. The second-order valence-corrected chi connectivity index (χ2v) is 6.92. The van der Waals surface area contributed by atoms with Crippen molar-refractivity contribution in [1.29, 1.82) is 0 Å². The van der Waals surface area contributed by atoms with Crippen molar-refractivity contribution in [3.05, 3.63) is 47.9 Å². The lowest BCUT2D eigenvalue weighted by Gasteiger charge is -2.22. The highest BCUT2D eigenvalue weighted by atomic mass is 15.3. The SMILES string of the molecule is CCNC(=NCCNc1ncnc2c1cnn2C)N(C)Cc1ccc(CC)cc1. The number of hydrogen-bond donors (Lipinski definition) is 2. The molecular weight excluding hydrogens is 364 g/mol. The Balaban J connectivity index is 1.59. The van der Waals surface area contributed by atoms with E-state index in [0.717, 1.165) is 42.3 Å². The van der Waals surface area contributed by atoms with Crippen LogP contribution in [-0.2, 0) is 20.0 Å². The van der Waals surface area contributed by atoms with Gasteiger partial charge in [0.2, 0.25) is 0 Å². The summed E-state index contributed by atoms with van der Waals surface area (Å²) in [4.78, 5) is 15.5. The number of fused-ring (bicyclic) bond motifs is 1. The topological polar surface area (TPSA) is 83.3 Å². The molecule has 3 rings (SSSR count). The Morgan fingerprint density at radius 1 is 1.14 bits per heavy atom. The number of benzene rings is 1. The summed E-state index contributed by atoms with van der Waals surface area (Å²) in [5.74, 6) is 1.68. The first-order valence-electron chi connectivity index (χ1n) is 10.1. The maximum Gasteiger partial charge on any atom is 0.194 e. The summed E-state index contributed by atoms with van der Waals surface area (Å²) < 4.78 is 1.74. The Bertz CT molecular complexity index is 945. The molecule has 0 aliphatic carbocycles. The standard InChI is InChI=1S/C21H30N8/c1-5-16-7-9-17(10-8-16)14-28(3)21(22-6-2)24-12-11-23-19-18-13-27-29(4)20(18)26-15-25-19/h7-10,13,15H,5-6,11-12,14H2,1-4H3,(H,22,24)(H,23,25,26). The first-order chi connectivity index (χ1) is 14.1. The van der Waals surface area contributed by atoms with E-state index in [2.05, 4.69) is 75.8 Å². The molecule has 1 aromatic carbocycles. The third-order valence-electron chi connectivity index (χ3n) is 4.74. The Hall–Kier alpha value is -3.16. The number of rotatable bonds is 8. The van der Waals surface area contributed by atoms with Crippen LogP contribution in [0.15, 0.2) is 41.8 Å². The fraction of sp³-hybridized carbons (Fsp3) is 0.429. The molecule has 0 amide bonds. The summed E-state index contributed by atoms with van der Waals surface area (Å²) in [6.45, 7) is 7.20. The molecule has 2 N–H and O–H groups in total. The highest BCUT2D eigenvalue weighted by Gasteiger charge is 2.08. The zero-order valence-electron chi connectivity index (χ0n) is 17.7. The van der Waals surface area contributed by atoms with Gasteiger partial charge in [-0.25, -0.2) is 9.97 Å². The smallest absolute Gasteiger partial charge is 0.194 e. The van der Waals surface area contributed by atoms with Gasteiger partial charge in [0.1, 0.15) is 12.1 Å². The van der Waals surface area contributed by atoms with E-state index in [1.54, 1.807) is 17.2 Å². The van der Waals surface area contributed by atoms with Gasteiger partial charge in [-0.3, -0.25) is 9.67 Å². The molecule has 0 radical (unpaired) electrons. The van der Waals surface area contributed by atoms with Crippen molar-refractivity contribution in [1.82, 2.24) is 30.0 Å². The van der Waals surface area contributed by atoms with E-state index in [4.69, 9.17) is 4.99 Å². The highest BCUT2D eigenvalue weighted by Crippen LogP contribution is 2.17. The first-order valence-corrected chi connectivity index (χ1v) is 10.1. The van der Waals surface area contributed by atoms with Crippen LogP contribution in [0.25, 0.3) is 11.0 Å². The molecule has 0 aliphatic heterocycles. The molecule has 8 nitrogen and oxygen atoms in total. The van der Waals surface area contributed by atoms with Crippen LogP contribution in [-0.4, -0.2) is 57.3 Å². The average Bonchev–Trinajstić information content (AvgIpc) is 3.12. The van der Waals surface area contributed by atoms with Gasteiger partial charge in [0, 0.05) is 33.7 Å². The van der Waals surface area contributed by atoms with Crippen molar-refractivity contribution in [3.8, 4) is 0 Å². The number of anilines is 1. The minimum Gasteiger partial charge on any atom is -0.367 e. The average molecular weight is 395 g/mol. The van der Waals surface area contributed by atoms with Gasteiger partial charge in [-0.2, -0.15) is 5.10 Å². The van der Waals surface area contributed by atoms with Gasteiger partial charge < -0.3 is 15.5 Å². The summed E-state index contributed by atoms with van der Waals surface area (Å²) >= 11 is 0. The van der Waals surface area contributed by atoms with Gasteiger partial charge >= 0.3 is 0 Å². The van der Waals surface area contributed by atoms with E-state index in [0.29, 0.717) is 13.1 Å². The summed E-state index contributed by atoms with van der Waals surface area (Å²) in [7, 11) is 3.93. The molecule has 0 bridgehead atoms. The number of aromatic nitrogens is 4. The molecule has 0 fully saturated rings. The van der Waals surface area contributed by atoms with Crippen LogP contribution in [0.1, 0.15) is 25.0 Å². The second kappa shape index (κ2) is 9.86. The van der Waals surface area contributed by atoms with Crippen LogP contribution in [0.4, 0.5) is 5.82 Å². The molecule has 29 heavy (non-hydrogen) atoms. The number of hydrogen-bond acceptors (Lipinski definition) is 5. The summed E-state index contributed by atoms with van der Waals surface area (Å²) in [6.07, 6.45) is 4.39. The van der Waals surface area contributed by atoms with Crippen LogP contribution in [0, 0.1) is 0 Å². The van der Waals surface area contributed by atoms with Gasteiger partial charge in [-0.1, -0.05) is 31.2 Å². The zero-order valence-corrected chi connectivity index (χ0v) is 17.7. The molecule has 0 spiro atoms. The molecule has 0 aliphatic rings. The van der Waals surface area contributed by atoms with Gasteiger partial charge in [-0.05, 0) is 24.5 Å². The lowest BCUT2D eigenvalue weighted by molar-refractivity contribution is 0.477. The van der Waals surface area contributed by atoms with Crippen molar-refractivity contribution in [3.63, 3.8) is 0 Å². The van der Waals surface area contributed by atoms with Crippen LogP contribution in [0.3, 0.4) is 0 Å². The third kappa shape index (κ3) is 5.22. The number of guanidine groups is 1. The lowest BCUT2D eigenvalue weighted by atomic mass is 10.1. The van der Waals surface area contributed by atoms with Crippen molar-refractivity contribution < 1.29 is 0 Å². The monoisotopic (exact) mass is 394 g/mol. The fourth-order valence-corrected chi connectivity index (χ4v) is 3.14. The van der Waals surface area contributed by atoms with Gasteiger partial charge in [0.25, 0.3) is 0 Å². The van der Waals surface area contributed by atoms with Crippen molar-refractivity contribution in [2.24, 2.45) is 12.0 Å². The van der Waals surface area contributed by atoms with Crippen molar-refractivity contribution >= 4 is 22.8 Å². The minimum absolute atomic E-state index is 0.632. The molecule has 0 saturated heterocycles. The quantitative estimate of drug-likeness (QED) is 0.347. The predicted octanol–water partition coefficient (Wildman–Crippen LogP) is 2.44. The normalized spacial score (nSPS) is 11.7. The number of aryl methyl sites for hydroxylation is 2. The van der Waals surface area contributed by atoms with Crippen LogP contribution in [0.2, 0.25) is 0 Å². The highest BCUT2D eigenvalue weighted by molar-refractivity contribution is 5.86. The van der Waals surface area contributed by atoms with Crippen molar-refractivity contribution in [2.45, 2.75) is 26.8 Å². The Morgan fingerprint density at radius 3 is 2.62 bits per heavy atom. The van der Waals surface area contributed by atoms with E-state index in [9.17, 15) is 0 Å². The van der Waals surface area contributed by atoms with Gasteiger partial charge in [-0.15, -0.1) is 0 Å². The van der Waals surface area contributed by atoms with E-state index in [-0.39, 0.29) is 0 Å². The zero-order chi connectivity index (χ0) is 20.6. The minimum atomic E-state index is 0.632. The van der Waals surface area contributed by atoms with Crippen LogP contribution < -0.4 is 10.6 Å². The van der Waals surface area contributed by atoms with Gasteiger partial charge in [0.05, 0.1) is 18.1 Å². The number of nitrogens with zero attached hydrogens (tertiary/aromatic N) is 6. The maximum atomic E-state index is 4.75. The Morgan fingerprint density at radius 2 is 1.90 bits per heavy atom. The van der Waals surface area contributed by atoms with Crippen LogP contribution in [0.5, 0.6) is 0 Å². The third-order valence-corrected chi connectivity index (χ3v) is 4.74. The second-order valence-electron chi connectivity index (χ2n) is 6.92. The molecular formula is C21H30N8. The van der Waals surface area contributed by atoms with Crippen molar-refractivity contribution in [2.75, 3.05) is 32.0 Å². The lowest BCUT2D eigenvalue weighted by Crippen LogP contribution is -2.38. The summed E-state index contributed by atoms with van der Waals surface area (Å²) in [5, 5.41) is 11.9. The maximum absolute atomic E-state index is 4.75. The number of aliphatic imine (C=N–C) groups is 1. The largest absolute Gasteiger partial charge is 0.367 e. The molecule has 2 heterocycles. The van der Waals surface area contributed by atoms with Gasteiger partial charge in [0.15, 0.2) is 11.6 Å². The van der Waals surface area contributed by atoms with E-state index < -0.39 is 0 Å². The van der Waals surface area contributed by atoms with Crippen LogP contribution >= 0.6 is 0 Å². The Labute approximate surface area is 172 Å². The molecule has 2 aromatic heterocycles. The van der Waals surface area contributed by atoms with E-state index in [1.807, 2.05) is 7.05 Å². The molecule has 154 valence electrons. The summed E-state index contributed by atoms with van der Waals surface area (Å²) in [5.41, 5.74) is 3.44. The van der Waals surface area contributed by atoms with E-state index in [1.165, 1.54) is 11.1 Å². The molecule has 0 atom stereocenters. The molecule has 3 aromatic rings. The molecule has 8 heteroatoms.